The number of H-pyrrole nitrogens is 1. The molecule has 2 atom stereocenters. The van der Waals surface area contributed by atoms with Gasteiger partial charge in [-0.15, -0.1) is 0 Å². The minimum Gasteiger partial charge on any atom is -0.444 e. The summed E-state index contributed by atoms with van der Waals surface area (Å²) in [5, 5.41) is 12.9. The van der Waals surface area contributed by atoms with Gasteiger partial charge < -0.3 is 18.8 Å². The number of aromatic nitrogens is 5. The number of fused-ring (bicyclic) bond motifs is 2. The molecule has 0 amide bonds. The van der Waals surface area contributed by atoms with Crippen molar-refractivity contribution in [2.24, 2.45) is 0 Å². The molecule has 0 spiro atoms. The molecular formula is C33H30FN7O5. The van der Waals surface area contributed by atoms with Crippen molar-refractivity contribution < 1.29 is 23.1 Å². The summed E-state index contributed by atoms with van der Waals surface area (Å²) in [5.41, 5.74) is 3.62. The maximum Gasteiger partial charge on any atom is 0.439 e. The first kappa shape index (κ1) is 28.4. The van der Waals surface area contributed by atoms with Crippen LogP contribution in [0.3, 0.4) is 0 Å². The zero-order valence-electron chi connectivity index (χ0n) is 25.0. The molecule has 6 heterocycles. The monoisotopic (exact) mass is 623 g/mol. The second-order valence-corrected chi connectivity index (χ2v) is 12.1. The third-order valence-electron chi connectivity index (χ3n) is 9.15. The topological polar surface area (TPSA) is 144 Å². The van der Waals surface area contributed by atoms with Gasteiger partial charge >= 0.3 is 5.76 Å². The molecule has 1 N–H and O–H groups in total. The summed E-state index contributed by atoms with van der Waals surface area (Å²) in [6, 6.07) is 14.0. The van der Waals surface area contributed by atoms with Gasteiger partial charge in [-0.05, 0) is 68.6 Å². The summed E-state index contributed by atoms with van der Waals surface area (Å²) >= 11 is 0. The number of piperidine rings is 1. The number of nitrogens with zero attached hydrogens (tertiary/aromatic N) is 6. The Kier molecular flexibility index (Phi) is 6.84. The van der Waals surface area contributed by atoms with Gasteiger partial charge in [-0.3, -0.25) is 14.4 Å². The van der Waals surface area contributed by atoms with E-state index in [-0.39, 0.29) is 23.1 Å². The van der Waals surface area contributed by atoms with E-state index in [2.05, 4.69) is 35.2 Å². The van der Waals surface area contributed by atoms with E-state index in [0.717, 1.165) is 56.0 Å². The number of aromatic amines is 1. The van der Waals surface area contributed by atoms with Crippen molar-refractivity contribution in [2.75, 3.05) is 19.7 Å². The summed E-state index contributed by atoms with van der Waals surface area (Å²) in [4.78, 5) is 26.1. The average molecular weight is 624 g/mol. The van der Waals surface area contributed by atoms with E-state index < -0.39 is 17.4 Å². The van der Waals surface area contributed by atoms with Crippen LogP contribution in [0.2, 0.25) is 0 Å². The van der Waals surface area contributed by atoms with Crippen molar-refractivity contribution in [2.45, 2.75) is 57.1 Å². The molecule has 0 saturated carbocycles. The maximum absolute atomic E-state index is 15.0. The van der Waals surface area contributed by atoms with Gasteiger partial charge in [-0.25, -0.2) is 19.2 Å². The van der Waals surface area contributed by atoms with E-state index in [0.29, 0.717) is 41.5 Å². The molecule has 12 nitrogen and oxygen atoms in total. The van der Waals surface area contributed by atoms with Crippen LogP contribution in [0.25, 0.3) is 22.6 Å². The van der Waals surface area contributed by atoms with Crippen molar-refractivity contribution in [3.63, 3.8) is 0 Å². The van der Waals surface area contributed by atoms with Gasteiger partial charge in [0.05, 0.1) is 36.4 Å². The highest BCUT2D eigenvalue weighted by Crippen LogP contribution is 2.49. The molecule has 1 unspecified atom stereocenters. The highest BCUT2D eigenvalue weighted by atomic mass is 19.1. The lowest BCUT2D eigenvalue weighted by molar-refractivity contribution is -0.0712. The molecule has 5 aromatic rings. The van der Waals surface area contributed by atoms with Gasteiger partial charge in [0.25, 0.3) is 5.79 Å². The summed E-state index contributed by atoms with van der Waals surface area (Å²) in [6.07, 6.45) is 4.58. The number of hydrogen-bond donors (Lipinski definition) is 1. The Morgan fingerprint density at radius 1 is 1.15 bits per heavy atom. The lowest BCUT2D eigenvalue weighted by Gasteiger charge is -2.33. The second kappa shape index (κ2) is 11.1. The molecule has 0 bridgehead atoms. The molecule has 13 heteroatoms. The summed E-state index contributed by atoms with van der Waals surface area (Å²) in [7, 11) is 0. The number of rotatable bonds is 7. The van der Waals surface area contributed by atoms with Gasteiger partial charge in [0.2, 0.25) is 0 Å². The Bertz CT molecular complexity index is 2050. The zero-order chi connectivity index (χ0) is 31.4. The summed E-state index contributed by atoms with van der Waals surface area (Å²) in [5.74, 6) is 0.170. The van der Waals surface area contributed by atoms with Crippen molar-refractivity contribution in [3.05, 3.63) is 87.5 Å². The fourth-order valence-electron chi connectivity index (χ4n) is 6.62. The number of imidazole rings is 1. The maximum atomic E-state index is 15.0. The van der Waals surface area contributed by atoms with Crippen LogP contribution in [-0.2, 0) is 23.6 Å². The Balaban J connectivity index is 0.999. The third-order valence-corrected chi connectivity index (χ3v) is 9.15. The molecule has 3 aliphatic rings. The molecule has 0 radical (unpaired) electrons. The number of nitrogens with one attached hydrogen (secondary N) is 1. The van der Waals surface area contributed by atoms with E-state index in [1.165, 1.54) is 6.07 Å². The van der Waals surface area contributed by atoms with Crippen LogP contribution in [0.1, 0.15) is 54.6 Å². The number of ether oxygens (including phenoxy) is 3. The van der Waals surface area contributed by atoms with Crippen LogP contribution in [0.15, 0.2) is 58.0 Å². The molecule has 2 saturated heterocycles. The fraction of sp³-hybridized carbons (Fsp3) is 0.364. The predicted octanol–water partition coefficient (Wildman–Crippen LogP) is 4.60. The molecular weight excluding hydrogens is 593 g/mol. The Labute approximate surface area is 262 Å². The first-order valence-corrected chi connectivity index (χ1v) is 15.3. The van der Waals surface area contributed by atoms with Crippen molar-refractivity contribution >= 4 is 11.2 Å². The first-order chi connectivity index (χ1) is 22.4. The van der Waals surface area contributed by atoms with Crippen LogP contribution in [0.4, 0.5) is 4.39 Å². The fourth-order valence-corrected chi connectivity index (χ4v) is 6.62. The molecule has 0 aliphatic carbocycles. The molecule has 46 heavy (non-hydrogen) atoms. The Hall–Kier alpha value is -5.06. The SMILES string of the molecule is CC1(c2ccc(C#N)cc2F)Oc2cccc(C3CCN(Cc4nc5cc(-c6noc(=O)[nH]6)cnc5n4C[C@@H]4CCO4)CC3)c2O1. The minimum atomic E-state index is -1.34. The summed E-state index contributed by atoms with van der Waals surface area (Å²) in [6.45, 7) is 5.47. The Morgan fingerprint density at radius 3 is 2.72 bits per heavy atom. The minimum absolute atomic E-state index is 0.126. The lowest BCUT2D eigenvalue weighted by Crippen LogP contribution is -2.35. The van der Waals surface area contributed by atoms with E-state index in [1.54, 1.807) is 25.3 Å². The molecule has 2 fully saturated rings. The highest BCUT2D eigenvalue weighted by molar-refractivity contribution is 5.77. The molecule has 8 rings (SSSR count). The third kappa shape index (κ3) is 4.99. The standard InChI is InChI=1S/C33H30FN7O5/c1-33(24-6-5-19(15-35)13-25(24)34)44-27-4-2-3-23(29(27)45-33)20-7-10-40(11-8-20)18-28-37-26-14-21(30-38-32(42)46-39-30)16-36-31(26)41(28)17-22-9-12-43-22/h2-6,13-14,16,20,22H,7-12,17-18H2,1H3,(H,38,39,42)/t22-,33?/m0/s1. The van der Waals surface area contributed by atoms with Crippen LogP contribution in [-0.4, -0.2) is 55.4 Å². The first-order valence-electron chi connectivity index (χ1n) is 15.3. The highest BCUT2D eigenvalue weighted by Gasteiger charge is 2.43. The van der Waals surface area contributed by atoms with Gasteiger partial charge in [0.1, 0.15) is 17.2 Å². The van der Waals surface area contributed by atoms with E-state index >= 15 is 0 Å². The van der Waals surface area contributed by atoms with Crippen molar-refractivity contribution in [3.8, 4) is 29.0 Å². The number of likely N-dealkylation sites (tertiary alicyclic amines) is 1. The van der Waals surface area contributed by atoms with Gasteiger partial charge in [0, 0.05) is 30.9 Å². The smallest absolute Gasteiger partial charge is 0.439 e. The lowest BCUT2D eigenvalue weighted by atomic mass is 9.88. The normalized spacial score (nSPS) is 21.4. The molecule has 3 aromatic heterocycles. The largest absolute Gasteiger partial charge is 0.444 e. The van der Waals surface area contributed by atoms with Crippen LogP contribution < -0.4 is 15.2 Å². The van der Waals surface area contributed by atoms with Gasteiger partial charge in [-0.1, -0.05) is 17.3 Å². The number of nitriles is 1. The number of para-hydroxylation sites is 1. The summed E-state index contributed by atoms with van der Waals surface area (Å²) < 4.78 is 40.1. The van der Waals surface area contributed by atoms with Crippen LogP contribution in [0.5, 0.6) is 11.5 Å². The molecule has 234 valence electrons. The number of hydrogen-bond acceptors (Lipinski definition) is 10. The van der Waals surface area contributed by atoms with E-state index in [1.807, 2.05) is 24.3 Å². The van der Waals surface area contributed by atoms with Crippen LogP contribution >= 0.6 is 0 Å². The number of halogens is 1. The van der Waals surface area contributed by atoms with Crippen molar-refractivity contribution in [1.82, 2.24) is 29.6 Å². The van der Waals surface area contributed by atoms with E-state index in [9.17, 15) is 9.18 Å². The molecule has 3 aliphatic heterocycles. The van der Waals surface area contributed by atoms with Gasteiger partial charge in [-0.2, -0.15) is 5.26 Å². The average Bonchev–Trinajstić information content (AvgIpc) is 3.73. The number of pyridine rings is 1. The Morgan fingerprint density at radius 2 is 2.00 bits per heavy atom. The van der Waals surface area contributed by atoms with E-state index in [4.69, 9.17) is 24.5 Å². The van der Waals surface area contributed by atoms with Gasteiger partial charge in [0.15, 0.2) is 23.0 Å². The quantitative estimate of drug-likeness (QED) is 0.273. The second-order valence-electron chi connectivity index (χ2n) is 12.1. The van der Waals surface area contributed by atoms with Crippen LogP contribution in [0, 0.1) is 17.1 Å². The molecule has 2 aromatic carbocycles. The predicted molar refractivity (Wildman–Crippen MR) is 161 cm³/mol. The van der Waals surface area contributed by atoms with Crippen molar-refractivity contribution in [1.29, 1.82) is 5.26 Å². The number of benzene rings is 2. The zero-order valence-corrected chi connectivity index (χ0v) is 25.0.